The third-order valence-electron chi connectivity index (χ3n) is 3.30. The van der Waals surface area contributed by atoms with Crippen LogP contribution in [0.2, 0.25) is 0 Å². The fraction of sp³-hybridized carbons (Fsp3) is 0.636. The fourth-order valence-corrected chi connectivity index (χ4v) is 2.72. The third-order valence-corrected chi connectivity index (χ3v) is 3.30. The Morgan fingerprint density at radius 2 is 1.93 bits per heavy atom. The van der Waals surface area contributed by atoms with Gasteiger partial charge in [-0.05, 0) is 25.2 Å². The maximum atomic E-state index is 11.6. The van der Waals surface area contributed by atoms with Gasteiger partial charge in [0.2, 0.25) is 0 Å². The van der Waals surface area contributed by atoms with Crippen LogP contribution in [-0.2, 0) is 14.3 Å². The van der Waals surface area contributed by atoms with Crippen LogP contribution in [-0.4, -0.2) is 23.7 Å². The molecule has 0 radical (unpaired) electrons. The van der Waals surface area contributed by atoms with Gasteiger partial charge in [-0.25, -0.2) is 0 Å². The van der Waals surface area contributed by atoms with Crippen LogP contribution in [0.3, 0.4) is 0 Å². The smallest absolute Gasteiger partial charge is 0.310 e. The quantitative estimate of drug-likeness (QED) is 0.559. The van der Waals surface area contributed by atoms with Crippen LogP contribution in [0.25, 0.3) is 0 Å². The lowest BCUT2D eigenvalue weighted by molar-refractivity contribution is -0.158. The fourth-order valence-electron chi connectivity index (χ4n) is 2.72. The molecule has 1 saturated carbocycles. The second kappa shape index (κ2) is 3.68. The summed E-state index contributed by atoms with van der Waals surface area (Å²) < 4.78 is 4.92. The number of carboxylic acids is 1. The van der Waals surface area contributed by atoms with Gasteiger partial charge in [-0.3, -0.25) is 9.59 Å². The topological polar surface area (TPSA) is 63.6 Å². The Morgan fingerprint density at radius 3 is 2.47 bits per heavy atom. The Hall–Kier alpha value is -1.32. The monoisotopic (exact) mass is 210 g/mol. The molecule has 0 heterocycles. The van der Waals surface area contributed by atoms with E-state index >= 15 is 0 Å². The van der Waals surface area contributed by atoms with Crippen molar-refractivity contribution in [3.63, 3.8) is 0 Å². The van der Waals surface area contributed by atoms with Crippen molar-refractivity contribution in [1.82, 2.24) is 0 Å². The summed E-state index contributed by atoms with van der Waals surface area (Å²) in [5, 5.41) is 9.08. The predicted molar refractivity (Wildman–Crippen MR) is 52.0 cm³/mol. The Labute approximate surface area is 87.9 Å². The summed E-state index contributed by atoms with van der Waals surface area (Å²) in [7, 11) is 0. The van der Waals surface area contributed by atoms with E-state index in [0.29, 0.717) is 6.61 Å². The van der Waals surface area contributed by atoms with Crippen molar-refractivity contribution in [3.8, 4) is 0 Å². The number of carbonyl (C=O) groups is 2. The van der Waals surface area contributed by atoms with Crippen LogP contribution in [0, 0.1) is 23.7 Å². The molecule has 4 atom stereocenters. The number of fused-ring (bicyclic) bond motifs is 2. The van der Waals surface area contributed by atoms with E-state index in [9.17, 15) is 9.59 Å². The van der Waals surface area contributed by atoms with Gasteiger partial charge in [-0.2, -0.15) is 0 Å². The first kappa shape index (κ1) is 10.2. The molecule has 2 aliphatic rings. The number of carboxylic acid groups (broad SMARTS) is 1. The lowest BCUT2D eigenvalue weighted by Gasteiger charge is -2.22. The van der Waals surface area contributed by atoms with Crippen LogP contribution in [0.5, 0.6) is 0 Å². The molecule has 0 amide bonds. The van der Waals surface area contributed by atoms with E-state index in [2.05, 4.69) is 0 Å². The molecule has 0 aromatic heterocycles. The molecule has 0 aromatic carbocycles. The number of aliphatic carboxylic acids is 1. The molecular formula is C11H14O4. The van der Waals surface area contributed by atoms with Crippen molar-refractivity contribution in [3.05, 3.63) is 12.2 Å². The summed E-state index contributed by atoms with van der Waals surface area (Å²) in [6.07, 6.45) is 4.64. The van der Waals surface area contributed by atoms with Crippen LogP contribution in [0.4, 0.5) is 0 Å². The maximum absolute atomic E-state index is 11.6. The molecule has 0 spiro atoms. The number of rotatable bonds is 3. The van der Waals surface area contributed by atoms with Gasteiger partial charge in [-0.1, -0.05) is 12.2 Å². The summed E-state index contributed by atoms with van der Waals surface area (Å²) in [6, 6.07) is 0. The van der Waals surface area contributed by atoms with E-state index in [4.69, 9.17) is 9.84 Å². The molecule has 1 fully saturated rings. The number of esters is 1. The number of ether oxygens (including phenoxy) is 1. The van der Waals surface area contributed by atoms with Crippen molar-refractivity contribution in [2.45, 2.75) is 13.3 Å². The van der Waals surface area contributed by atoms with E-state index in [0.717, 1.165) is 6.42 Å². The first-order chi connectivity index (χ1) is 7.15. The van der Waals surface area contributed by atoms with Gasteiger partial charge in [0.05, 0.1) is 18.4 Å². The first-order valence-electron chi connectivity index (χ1n) is 5.23. The van der Waals surface area contributed by atoms with Gasteiger partial charge in [0.1, 0.15) is 0 Å². The first-order valence-corrected chi connectivity index (χ1v) is 5.23. The van der Waals surface area contributed by atoms with Crippen LogP contribution >= 0.6 is 0 Å². The summed E-state index contributed by atoms with van der Waals surface area (Å²) >= 11 is 0. The van der Waals surface area contributed by atoms with Gasteiger partial charge in [0.15, 0.2) is 0 Å². The summed E-state index contributed by atoms with van der Waals surface area (Å²) in [5.41, 5.74) is 0. The van der Waals surface area contributed by atoms with Gasteiger partial charge < -0.3 is 9.84 Å². The highest BCUT2D eigenvalue weighted by molar-refractivity contribution is 5.83. The van der Waals surface area contributed by atoms with Crippen molar-refractivity contribution < 1.29 is 19.4 Å². The number of hydrogen-bond acceptors (Lipinski definition) is 3. The molecule has 2 bridgehead atoms. The molecule has 0 saturated heterocycles. The number of hydrogen-bond donors (Lipinski definition) is 1. The van der Waals surface area contributed by atoms with Gasteiger partial charge >= 0.3 is 11.9 Å². The SMILES string of the molecule is CCOC(=O)[C@H]1[C@H](C(=O)O)[C@@H]2C=C[C@H]1C2. The largest absolute Gasteiger partial charge is 0.481 e. The molecule has 2 rings (SSSR count). The van der Waals surface area contributed by atoms with Crippen molar-refractivity contribution >= 4 is 11.9 Å². The van der Waals surface area contributed by atoms with Gasteiger partial charge in [0, 0.05) is 0 Å². The van der Waals surface area contributed by atoms with Crippen molar-refractivity contribution in [2.24, 2.45) is 23.7 Å². The minimum Gasteiger partial charge on any atom is -0.481 e. The lowest BCUT2D eigenvalue weighted by Crippen LogP contribution is -2.34. The van der Waals surface area contributed by atoms with E-state index in [1.807, 2.05) is 12.2 Å². The van der Waals surface area contributed by atoms with Crippen molar-refractivity contribution in [2.75, 3.05) is 6.61 Å². The molecular weight excluding hydrogens is 196 g/mol. The molecule has 15 heavy (non-hydrogen) atoms. The molecule has 1 N–H and O–H groups in total. The molecule has 0 aliphatic heterocycles. The average Bonchev–Trinajstić information content (AvgIpc) is 2.76. The number of carbonyl (C=O) groups excluding carboxylic acids is 1. The second-order valence-corrected chi connectivity index (χ2v) is 4.09. The zero-order valence-electron chi connectivity index (χ0n) is 8.55. The molecule has 0 unspecified atom stereocenters. The highest BCUT2D eigenvalue weighted by Gasteiger charge is 2.52. The summed E-state index contributed by atoms with van der Waals surface area (Å²) in [5.74, 6) is -2.22. The molecule has 0 aromatic rings. The van der Waals surface area contributed by atoms with E-state index in [1.54, 1.807) is 6.92 Å². The molecule has 4 heteroatoms. The van der Waals surface area contributed by atoms with Gasteiger partial charge in [0.25, 0.3) is 0 Å². The Kier molecular flexibility index (Phi) is 2.50. The lowest BCUT2D eigenvalue weighted by atomic mass is 9.83. The zero-order valence-corrected chi connectivity index (χ0v) is 8.55. The Bertz CT molecular complexity index is 321. The Balaban J connectivity index is 2.19. The highest BCUT2D eigenvalue weighted by Crippen LogP contribution is 2.48. The van der Waals surface area contributed by atoms with Crippen molar-refractivity contribution in [1.29, 1.82) is 0 Å². The minimum atomic E-state index is -0.884. The van der Waals surface area contributed by atoms with Crippen LogP contribution in [0.15, 0.2) is 12.2 Å². The van der Waals surface area contributed by atoms with Crippen LogP contribution in [0.1, 0.15) is 13.3 Å². The number of allylic oxidation sites excluding steroid dienone is 2. The Morgan fingerprint density at radius 1 is 1.33 bits per heavy atom. The minimum absolute atomic E-state index is 0.0157. The maximum Gasteiger partial charge on any atom is 0.310 e. The molecule has 4 nitrogen and oxygen atoms in total. The van der Waals surface area contributed by atoms with E-state index in [-0.39, 0.29) is 17.8 Å². The average molecular weight is 210 g/mol. The standard InChI is InChI=1S/C11H14O4/c1-2-15-11(14)9-7-4-3-6(5-7)8(9)10(12)13/h3-4,6-9H,2,5H2,1H3,(H,12,13)/t6-,7+,8-,9-/m1/s1. The molecule has 2 aliphatic carbocycles. The third kappa shape index (κ3) is 1.54. The summed E-state index contributed by atoms with van der Waals surface area (Å²) in [6.45, 7) is 2.04. The highest BCUT2D eigenvalue weighted by atomic mass is 16.5. The van der Waals surface area contributed by atoms with E-state index < -0.39 is 17.8 Å². The molecule has 82 valence electrons. The van der Waals surface area contributed by atoms with E-state index in [1.165, 1.54) is 0 Å². The predicted octanol–water partition coefficient (Wildman–Crippen LogP) is 1.07. The second-order valence-electron chi connectivity index (χ2n) is 4.09. The zero-order chi connectivity index (χ0) is 11.0. The van der Waals surface area contributed by atoms with Gasteiger partial charge in [-0.15, -0.1) is 0 Å². The normalized spacial score (nSPS) is 36.9. The van der Waals surface area contributed by atoms with Crippen LogP contribution < -0.4 is 0 Å². The summed E-state index contributed by atoms with van der Waals surface area (Å²) in [4.78, 5) is 22.7.